The van der Waals surface area contributed by atoms with Crippen LogP contribution in [0.2, 0.25) is 0 Å². The minimum Gasteiger partial charge on any atom is -0.395 e. The highest BCUT2D eigenvalue weighted by atomic mass is 16.3. The van der Waals surface area contributed by atoms with E-state index in [-0.39, 0.29) is 30.6 Å². The highest BCUT2D eigenvalue weighted by Crippen LogP contribution is 2.42. The fourth-order valence-electron chi connectivity index (χ4n) is 5.21. The number of carbonyl (C=O) groups is 1. The van der Waals surface area contributed by atoms with Gasteiger partial charge >= 0.3 is 6.03 Å². The number of anilines is 1. The van der Waals surface area contributed by atoms with Crippen molar-refractivity contribution in [1.29, 1.82) is 0 Å². The molecule has 0 unspecified atom stereocenters. The van der Waals surface area contributed by atoms with Gasteiger partial charge in [0.15, 0.2) is 0 Å². The van der Waals surface area contributed by atoms with Crippen molar-refractivity contribution in [2.75, 3.05) is 31.6 Å². The van der Waals surface area contributed by atoms with E-state index in [1.54, 1.807) is 6.20 Å². The van der Waals surface area contributed by atoms with Crippen LogP contribution in [0.25, 0.3) is 0 Å². The molecule has 2 fully saturated rings. The molecule has 0 radical (unpaired) electrons. The fourth-order valence-corrected chi connectivity index (χ4v) is 5.21. The number of para-hydroxylation sites is 1. The lowest BCUT2D eigenvalue weighted by Crippen LogP contribution is -2.68. The Labute approximate surface area is 206 Å². The summed E-state index contributed by atoms with van der Waals surface area (Å²) in [5.41, 5.74) is 3.66. The van der Waals surface area contributed by atoms with Crippen molar-refractivity contribution in [3.8, 4) is 11.8 Å². The van der Waals surface area contributed by atoms with Gasteiger partial charge in [0.1, 0.15) is 5.69 Å². The topological polar surface area (TPSA) is 68.7 Å². The summed E-state index contributed by atoms with van der Waals surface area (Å²) in [4.78, 5) is 21.6. The summed E-state index contributed by atoms with van der Waals surface area (Å²) in [6.07, 6.45) is 3.71. The first-order valence-corrected chi connectivity index (χ1v) is 12.2. The van der Waals surface area contributed by atoms with E-state index in [2.05, 4.69) is 39.2 Å². The largest absolute Gasteiger partial charge is 0.395 e. The van der Waals surface area contributed by atoms with E-state index in [0.717, 1.165) is 42.9 Å². The number of amides is 2. The zero-order chi connectivity index (χ0) is 24.0. The summed E-state index contributed by atoms with van der Waals surface area (Å²) in [6.45, 7) is 2.44. The third kappa shape index (κ3) is 5.22. The average Bonchev–Trinajstić information content (AvgIpc) is 2.88. The van der Waals surface area contributed by atoms with E-state index in [4.69, 9.17) is 0 Å². The third-order valence-corrected chi connectivity index (χ3v) is 6.98. The van der Waals surface area contributed by atoms with Gasteiger partial charge in [0.25, 0.3) is 0 Å². The van der Waals surface area contributed by atoms with Crippen molar-refractivity contribution in [3.63, 3.8) is 0 Å². The van der Waals surface area contributed by atoms with E-state index in [1.165, 1.54) is 5.56 Å². The second kappa shape index (κ2) is 10.7. The van der Waals surface area contributed by atoms with Crippen LogP contribution in [0.1, 0.15) is 35.6 Å². The Bertz CT molecular complexity index is 1190. The smallest absolute Gasteiger partial charge is 0.321 e. The molecule has 2 aliphatic rings. The molecule has 35 heavy (non-hydrogen) atoms. The van der Waals surface area contributed by atoms with E-state index < -0.39 is 0 Å². The molecule has 0 bridgehead atoms. The van der Waals surface area contributed by atoms with E-state index >= 15 is 0 Å². The van der Waals surface area contributed by atoms with Crippen molar-refractivity contribution in [2.45, 2.75) is 30.8 Å². The molecule has 2 aliphatic heterocycles. The van der Waals surface area contributed by atoms with Gasteiger partial charge in [-0.1, -0.05) is 42.3 Å². The van der Waals surface area contributed by atoms with Crippen LogP contribution in [-0.4, -0.2) is 64.2 Å². The number of hydrogen-bond acceptors (Lipinski definition) is 4. The Morgan fingerprint density at radius 1 is 0.971 bits per heavy atom. The van der Waals surface area contributed by atoms with Gasteiger partial charge in [-0.3, -0.25) is 4.90 Å². The highest BCUT2D eigenvalue weighted by Gasteiger charge is 2.49. The number of benzene rings is 2. The van der Waals surface area contributed by atoms with Gasteiger partial charge < -0.3 is 15.3 Å². The summed E-state index contributed by atoms with van der Waals surface area (Å²) in [7, 11) is 0. The number of carbonyl (C=O) groups excluding carboxylic acids is 1. The first kappa shape index (κ1) is 23.1. The first-order chi connectivity index (χ1) is 17.2. The molecule has 178 valence electrons. The van der Waals surface area contributed by atoms with Crippen LogP contribution in [0.5, 0.6) is 0 Å². The monoisotopic (exact) mass is 466 g/mol. The summed E-state index contributed by atoms with van der Waals surface area (Å²) in [6, 6.07) is 23.8. The molecule has 2 saturated heterocycles. The number of urea groups is 1. The zero-order valence-corrected chi connectivity index (χ0v) is 19.7. The van der Waals surface area contributed by atoms with Gasteiger partial charge in [-0.05, 0) is 67.3 Å². The molecule has 6 nitrogen and oxygen atoms in total. The van der Waals surface area contributed by atoms with Crippen LogP contribution < -0.4 is 5.32 Å². The van der Waals surface area contributed by atoms with Crippen molar-refractivity contribution < 1.29 is 9.90 Å². The Hall–Kier alpha value is -3.66. The van der Waals surface area contributed by atoms with Crippen LogP contribution in [0.15, 0.2) is 79.0 Å². The molecule has 2 amide bonds. The van der Waals surface area contributed by atoms with E-state index in [9.17, 15) is 9.90 Å². The number of pyridine rings is 1. The van der Waals surface area contributed by atoms with Gasteiger partial charge in [-0.2, -0.15) is 0 Å². The summed E-state index contributed by atoms with van der Waals surface area (Å²) >= 11 is 0. The Morgan fingerprint density at radius 3 is 2.49 bits per heavy atom. The van der Waals surface area contributed by atoms with Crippen LogP contribution in [-0.2, 0) is 0 Å². The van der Waals surface area contributed by atoms with Crippen molar-refractivity contribution in [2.24, 2.45) is 0 Å². The summed E-state index contributed by atoms with van der Waals surface area (Å²) < 4.78 is 0. The number of nitrogens with one attached hydrogen (secondary N) is 1. The molecule has 0 saturated carbocycles. The van der Waals surface area contributed by atoms with Crippen LogP contribution in [0, 0.1) is 11.8 Å². The molecule has 2 N–H and O–H groups in total. The first-order valence-electron chi connectivity index (χ1n) is 12.2. The molecule has 0 spiro atoms. The molecule has 1 aromatic heterocycles. The Kier molecular flexibility index (Phi) is 7.08. The van der Waals surface area contributed by atoms with Gasteiger partial charge in [-0.15, -0.1) is 0 Å². The number of rotatable bonds is 3. The normalized spacial score (nSPS) is 22.0. The van der Waals surface area contributed by atoms with Crippen LogP contribution >= 0.6 is 0 Å². The minimum absolute atomic E-state index is 0.0654. The maximum atomic E-state index is 13.1. The van der Waals surface area contributed by atoms with Gasteiger partial charge in [0.05, 0.1) is 6.61 Å². The number of aliphatic hydroxyl groups is 1. The number of aromatic nitrogens is 1. The van der Waals surface area contributed by atoms with Gasteiger partial charge in [0, 0.05) is 48.5 Å². The SMILES string of the molecule is O=C(Nc1ccccc1)N1CCCCN2[C@@H](CO)[C@@H](c3ccc(C#Cc4ccccn4)cc3)[C@@H]2C1. The molecule has 2 aromatic carbocycles. The molecule has 3 aromatic rings. The highest BCUT2D eigenvalue weighted by molar-refractivity contribution is 5.89. The maximum Gasteiger partial charge on any atom is 0.321 e. The number of hydrogen-bond donors (Lipinski definition) is 2. The third-order valence-electron chi connectivity index (χ3n) is 6.98. The fraction of sp³-hybridized carbons (Fsp3) is 0.310. The van der Waals surface area contributed by atoms with Crippen LogP contribution in [0.3, 0.4) is 0 Å². The lowest BCUT2D eigenvalue weighted by molar-refractivity contribution is -0.0585. The quantitative estimate of drug-likeness (QED) is 0.574. The molecule has 3 heterocycles. The zero-order valence-electron chi connectivity index (χ0n) is 19.7. The molecule has 3 atom stereocenters. The van der Waals surface area contributed by atoms with E-state index in [0.29, 0.717) is 6.54 Å². The predicted molar refractivity (Wildman–Crippen MR) is 137 cm³/mol. The van der Waals surface area contributed by atoms with Crippen molar-refractivity contribution in [1.82, 2.24) is 14.8 Å². The lowest BCUT2D eigenvalue weighted by atomic mass is 9.74. The van der Waals surface area contributed by atoms with E-state index in [1.807, 2.05) is 65.6 Å². The average molecular weight is 467 g/mol. The Balaban J connectivity index is 1.32. The number of aliphatic hydroxyl groups excluding tert-OH is 1. The maximum absolute atomic E-state index is 13.1. The second-order valence-corrected chi connectivity index (χ2v) is 9.12. The van der Waals surface area contributed by atoms with Gasteiger partial charge in [0.2, 0.25) is 0 Å². The lowest BCUT2D eigenvalue weighted by Gasteiger charge is -2.57. The standard InChI is InChI=1S/C29H30N4O2/c34-21-27-28(23-14-11-22(12-15-23)13-16-24-8-4-5-17-30-24)26-20-32(18-6-7-19-33(26)27)29(35)31-25-9-2-1-3-10-25/h1-5,8-12,14-15,17,26-28,34H,6-7,18-21H2,(H,31,35)/t26-,27-,28-/m0/s1. The van der Waals surface area contributed by atoms with Gasteiger partial charge in [-0.25, -0.2) is 9.78 Å². The molecular weight excluding hydrogens is 436 g/mol. The minimum atomic E-state index is -0.0654. The number of nitrogens with zero attached hydrogens (tertiary/aromatic N) is 3. The predicted octanol–water partition coefficient (Wildman–Crippen LogP) is 3.94. The molecular formula is C29H30N4O2. The number of fused-ring (bicyclic) bond motifs is 1. The van der Waals surface area contributed by atoms with Crippen molar-refractivity contribution >= 4 is 11.7 Å². The molecule has 6 heteroatoms. The summed E-state index contributed by atoms with van der Waals surface area (Å²) in [5.74, 6) is 6.44. The molecule has 0 aliphatic carbocycles. The second-order valence-electron chi connectivity index (χ2n) is 9.12. The summed E-state index contributed by atoms with van der Waals surface area (Å²) in [5, 5.41) is 13.2. The van der Waals surface area contributed by atoms with Crippen LogP contribution in [0.4, 0.5) is 10.5 Å². The molecule has 5 rings (SSSR count). The Morgan fingerprint density at radius 2 is 1.74 bits per heavy atom. The van der Waals surface area contributed by atoms with Crippen molar-refractivity contribution in [3.05, 3.63) is 95.8 Å².